The number of sulfonamides is 1. The molecule has 0 aliphatic carbocycles. The van der Waals surface area contributed by atoms with Crippen molar-refractivity contribution in [1.82, 2.24) is 10.2 Å². The van der Waals surface area contributed by atoms with Gasteiger partial charge in [0.2, 0.25) is 11.8 Å². The van der Waals surface area contributed by atoms with Gasteiger partial charge in [0.1, 0.15) is 12.6 Å². The first-order valence-electron chi connectivity index (χ1n) is 13.8. The van der Waals surface area contributed by atoms with Crippen molar-refractivity contribution in [3.05, 3.63) is 81.8 Å². The van der Waals surface area contributed by atoms with Crippen molar-refractivity contribution in [1.29, 1.82) is 0 Å². The number of hydrogen-bond acceptors (Lipinski definition) is 6. The molecule has 0 saturated heterocycles. The lowest BCUT2D eigenvalue weighted by molar-refractivity contribution is -0.139. The van der Waals surface area contributed by atoms with Crippen LogP contribution in [0, 0.1) is 6.92 Å². The van der Waals surface area contributed by atoms with Crippen LogP contribution in [-0.4, -0.2) is 58.5 Å². The predicted octanol–water partition coefficient (Wildman–Crippen LogP) is 5.85. The molecule has 0 aromatic heterocycles. The summed E-state index contributed by atoms with van der Waals surface area (Å²) in [5, 5.41) is 3.48. The van der Waals surface area contributed by atoms with Gasteiger partial charge in [-0.25, -0.2) is 8.42 Å². The van der Waals surface area contributed by atoms with E-state index in [2.05, 4.69) is 5.32 Å². The lowest BCUT2D eigenvalue weighted by atomic mass is 10.1. The van der Waals surface area contributed by atoms with E-state index in [1.807, 2.05) is 13.8 Å². The van der Waals surface area contributed by atoms with Crippen molar-refractivity contribution in [2.45, 2.75) is 51.1 Å². The number of amides is 2. The molecule has 0 heterocycles. The van der Waals surface area contributed by atoms with Crippen LogP contribution in [0.15, 0.2) is 65.6 Å². The zero-order valence-electron chi connectivity index (χ0n) is 24.9. The molecule has 0 bridgehead atoms. The molecule has 0 radical (unpaired) electrons. The fraction of sp³-hybridized carbons (Fsp3) is 0.355. The molecule has 0 fully saturated rings. The first-order chi connectivity index (χ1) is 20.4. The van der Waals surface area contributed by atoms with Gasteiger partial charge in [0.05, 0.1) is 24.8 Å². The third-order valence-electron chi connectivity index (χ3n) is 6.93. The number of rotatable bonds is 14. The Morgan fingerprint density at radius 2 is 1.58 bits per heavy atom. The Labute approximate surface area is 263 Å². The van der Waals surface area contributed by atoms with E-state index >= 15 is 0 Å². The molecule has 3 aromatic rings. The molecule has 3 aromatic carbocycles. The van der Waals surface area contributed by atoms with Crippen molar-refractivity contribution in [3.63, 3.8) is 0 Å². The largest absolute Gasteiger partial charge is 0.493 e. The average molecular weight is 651 g/mol. The molecule has 2 amide bonds. The predicted molar refractivity (Wildman–Crippen MR) is 170 cm³/mol. The summed E-state index contributed by atoms with van der Waals surface area (Å²) in [4.78, 5) is 28.4. The van der Waals surface area contributed by atoms with E-state index in [9.17, 15) is 18.0 Å². The van der Waals surface area contributed by atoms with Gasteiger partial charge >= 0.3 is 0 Å². The number of unbranched alkanes of at least 4 members (excludes halogenated alkanes) is 1. The third-order valence-corrected chi connectivity index (χ3v) is 9.41. The molecular formula is C31H37Cl2N3O6S. The number of anilines is 1. The summed E-state index contributed by atoms with van der Waals surface area (Å²) in [7, 11) is -1.46. The maximum Gasteiger partial charge on any atom is 0.264 e. The summed E-state index contributed by atoms with van der Waals surface area (Å²) < 4.78 is 39.9. The van der Waals surface area contributed by atoms with Crippen LogP contribution in [0.4, 0.5) is 5.69 Å². The molecule has 1 atom stereocenters. The molecule has 3 rings (SSSR count). The fourth-order valence-corrected chi connectivity index (χ4v) is 6.26. The number of methoxy groups -OCH3 is 2. The Balaban J connectivity index is 2.08. The SMILES string of the molecule is CCCCNC(=O)C(C)N(Cc1c(Cl)cccc1Cl)C(=O)CN(c1ccc(C)cc1)S(=O)(=O)c1ccc(OC)c(OC)c1. The van der Waals surface area contributed by atoms with Gasteiger partial charge in [-0.15, -0.1) is 0 Å². The Morgan fingerprint density at radius 1 is 0.953 bits per heavy atom. The van der Waals surface area contributed by atoms with Crippen LogP contribution in [0.3, 0.4) is 0 Å². The number of aryl methyl sites for hydroxylation is 1. The van der Waals surface area contributed by atoms with Gasteiger partial charge in [-0.2, -0.15) is 0 Å². The molecule has 12 heteroatoms. The van der Waals surface area contributed by atoms with Crippen LogP contribution in [0.25, 0.3) is 0 Å². The number of carbonyl (C=O) groups excluding carboxylic acids is 2. The molecule has 1 unspecified atom stereocenters. The van der Waals surface area contributed by atoms with E-state index < -0.39 is 28.5 Å². The van der Waals surface area contributed by atoms with Crippen molar-refractivity contribution in [3.8, 4) is 11.5 Å². The van der Waals surface area contributed by atoms with E-state index in [0.29, 0.717) is 27.9 Å². The summed E-state index contributed by atoms with van der Waals surface area (Å²) >= 11 is 12.9. The Kier molecular flexibility index (Phi) is 12.1. The van der Waals surface area contributed by atoms with Gasteiger partial charge in [-0.3, -0.25) is 13.9 Å². The smallest absolute Gasteiger partial charge is 0.264 e. The van der Waals surface area contributed by atoms with Gasteiger partial charge in [-0.05, 0) is 56.7 Å². The molecule has 0 spiro atoms. The van der Waals surface area contributed by atoms with Gasteiger partial charge in [0.15, 0.2) is 11.5 Å². The molecule has 9 nitrogen and oxygen atoms in total. The summed E-state index contributed by atoms with van der Waals surface area (Å²) in [6.45, 7) is 5.19. The minimum Gasteiger partial charge on any atom is -0.493 e. The van der Waals surface area contributed by atoms with Gasteiger partial charge in [-0.1, -0.05) is 60.3 Å². The topological polar surface area (TPSA) is 105 Å². The second kappa shape index (κ2) is 15.3. The molecule has 0 aliphatic heterocycles. The minimum absolute atomic E-state index is 0.107. The summed E-state index contributed by atoms with van der Waals surface area (Å²) in [5.74, 6) is -0.440. The van der Waals surface area contributed by atoms with E-state index in [1.54, 1.807) is 49.4 Å². The monoisotopic (exact) mass is 649 g/mol. The summed E-state index contributed by atoms with van der Waals surface area (Å²) in [6.07, 6.45) is 1.65. The fourth-order valence-electron chi connectivity index (χ4n) is 4.32. The molecule has 0 saturated carbocycles. The first kappa shape index (κ1) is 34.0. The molecular weight excluding hydrogens is 613 g/mol. The van der Waals surface area contributed by atoms with Crippen LogP contribution < -0.4 is 19.1 Å². The Morgan fingerprint density at radius 3 is 2.16 bits per heavy atom. The lowest BCUT2D eigenvalue weighted by Gasteiger charge is -2.32. The highest BCUT2D eigenvalue weighted by Gasteiger charge is 2.33. The number of nitrogens with one attached hydrogen (secondary N) is 1. The quantitative estimate of drug-likeness (QED) is 0.220. The van der Waals surface area contributed by atoms with Crippen molar-refractivity contribution in [2.24, 2.45) is 0 Å². The van der Waals surface area contributed by atoms with Gasteiger partial charge in [0, 0.05) is 34.8 Å². The number of nitrogens with zero attached hydrogens (tertiary/aromatic N) is 2. The molecule has 232 valence electrons. The minimum atomic E-state index is -4.31. The summed E-state index contributed by atoms with van der Waals surface area (Å²) in [6, 6.07) is 14.9. The Hall–Kier alpha value is -3.47. The zero-order chi connectivity index (χ0) is 31.7. The third kappa shape index (κ3) is 8.34. The average Bonchev–Trinajstić information content (AvgIpc) is 2.99. The second-order valence-corrected chi connectivity index (χ2v) is 12.6. The molecule has 43 heavy (non-hydrogen) atoms. The van der Waals surface area contributed by atoms with Crippen LogP contribution in [0.2, 0.25) is 10.0 Å². The number of benzene rings is 3. The van der Waals surface area contributed by atoms with E-state index in [4.69, 9.17) is 32.7 Å². The van der Waals surface area contributed by atoms with Crippen molar-refractivity contribution < 1.29 is 27.5 Å². The standard InChI is InChI=1S/C31H37Cl2N3O6S/c1-6-7-17-34-31(38)22(3)35(19-25-26(32)9-8-10-27(25)33)30(37)20-36(23-13-11-21(2)12-14-23)43(39,40)24-15-16-28(41-4)29(18-24)42-5/h8-16,18,22H,6-7,17,19-20H2,1-5H3,(H,34,38). The first-order valence-corrected chi connectivity index (χ1v) is 16.0. The maximum atomic E-state index is 14.1. The number of hydrogen-bond donors (Lipinski definition) is 1. The highest BCUT2D eigenvalue weighted by Crippen LogP contribution is 2.33. The summed E-state index contributed by atoms with van der Waals surface area (Å²) in [5.41, 5.74) is 1.62. The van der Waals surface area contributed by atoms with Crippen LogP contribution in [-0.2, 0) is 26.2 Å². The zero-order valence-corrected chi connectivity index (χ0v) is 27.2. The van der Waals surface area contributed by atoms with Crippen molar-refractivity contribution in [2.75, 3.05) is 31.6 Å². The van der Waals surface area contributed by atoms with Gasteiger partial charge < -0.3 is 19.7 Å². The Bertz CT molecular complexity index is 1510. The van der Waals surface area contributed by atoms with E-state index in [-0.39, 0.29) is 28.8 Å². The van der Waals surface area contributed by atoms with Gasteiger partial charge in [0.25, 0.3) is 10.0 Å². The maximum absolute atomic E-state index is 14.1. The van der Waals surface area contributed by atoms with E-state index in [1.165, 1.54) is 37.3 Å². The second-order valence-electron chi connectivity index (χ2n) is 9.91. The molecule has 1 N–H and O–H groups in total. The number of halogens is 2. The number of carbonyl (C=O) groups is 2. The van der Waals surface area contributed by atoms with Crippen LogP contribution >= 0.6 is 23.2 Å². The van der Waals surface area contributed by atoms with Crippen LogP contribution in [0.1, 0.15) is 37.8 Å². The molecule has 0 aliphatic rings. The van der Waals surface area contributed by atoms with E-state index in [0.717, 1.165) is 22.7 Å². The lowest BCUT2D eigenvalue weighted by Crippen LogP contribution is -2.51. The highest BCUT2D eigenvalue weighted by molar-refractivity contribution is 7.92. The number of ether oxygens (including phenoxy) is 2. The normalized spacial score (nSPS) is 11.9. The highest BCUT2D eigenvalue weighted by atomic mass is 35.5. The van der Waals surface area contributed by atoms with Crippen molar-refractivity contribution >= 4 is 50.7 Å². The van der Waals surface area contributed by atoms with Crippen LogP contribution in [0.5, 0.6) is 11.5 Å².